The van der Waals surface area contributed by atoms with Gasteiger partial charge in [-0.1, -0.05) is 20.8 Å². The van der Waals surface area contributed by atoms with Crippen LogP contribution in [0.15, 0.2) is 12.4 Å². The molecule has 1 fully saturated rings. The van der Waals surface area contributed by atoms with E-state index in [4.69, 9.17) is 9.84 Å². The van der Waals surface area contributed by atoms with Gasteiger partial charge in [0.15, 0.2) is 0 Å². The maximum Gasteiger partial charge on any atom is 0.232 e. The predicted octanol–water partition coefficient (Wildman–Crippen LogP) is 1.22. The lowest BCUT2D eigenvalue weighted by molar-refractivity contribution is 0.176. The van der Waals surface area contributed by atoms with Crippen molar-refractivity contribution in [3.05, 3.63) is 18.1 Å². The highest BCUT2D eigenvalue weighted by molar-refractivity contribution is 5.13. The van der Waals surface area contributed by atoms with Crippen LogP contribution in [0.1, 0.15) is 32.9 Å². The van der Waals surface area contributed by atoms with E-state index in [1.165, 1.54) is 0 Å². The zero-order valence-electron chi connectivity index (χ0n) is 12.0. The van der Waals surface area contributed by atoms with Crippen molar-refractivity contribution in [3.63, 3.8) is 0 Å². The Hall–Kier alpha value is -1.20. The van der Waals surface area contributed by atoms with E-state index in [-0.39, 0.29) is 18.1 Å². The minimum atomic E-state index is 0.0107. The van der Waals surface area contributed by atoms with Gasteiger partial charge in [0, 0.05) is 25.0 Å². The number of aromatic nitrogens is 2. The first-order valence-electron chi connectivity index (χ1n) is 6.81. The predicted molar refractivity (Wildman–Crippen MR) is 73.3 cm³/mol. The van der Waals surface area contributed by atoms with Crippen molar-refractivity contribution in [1.82, 2.24) is 14.9 Å². The smallest absolute Gasteiger partial charge is 0.232 e. The van der Waals surface area contributed by atoms with Crippen molar-refractivity contribution in [2.75, 3.05) is 26.2 Å². The highest BCUT2D eigenvalue weighted by atomic mass is 16.5. The van der Waals surface area contributed by atoms with Crippen molar-refractivity contribution >= 4 is 0 Å². The first kappa shape index (κ1) is 14.2. The third-order valence-corrected chi connectivity index (χ3v) is 3.33. The number of aliphatic hydroxyl groups excluding tert-OH is 1. The fourth-order valence-corrected chi connectivity index (χ4v) is 2.17. The Labute approximate surface area is 114 Å². The lowest BCUT2D eigenvalue weighted by Crippen LogP contribution is -2.27. The maximum atomic E-state index is 8.90. The molecular weight excluding hydrogens is 242 g/mol. The van der Waals surface area contributed by atoms with Crippen molar-refractivity contribution in [1.29, 1.82) is 0 Å². The van der Waals surface area contributed by atoms with Crippen molar-refractivity contribution in [2.24, 2.45) is 0 Å². The molecule has 1 aliphatic heterocycles. The summed E-state index contributed by atoms with van der Waals surface area (Å²) in [5.74, 6) is 0.587. The number of hydrogen-bond acceptors (Lipinski definition) is 5. The molecule has 0 aliphatic carbocycles. The van der Waals surface area contributed by atoms with Crippen molar-refractivity contribution < 1.29 is 9.84 Å². The van der Waals surface area contributed by atoms with Gasteiger partial charge in [-0.2, -0.15) is 0 Å². The molecule has 106 valence electrons. The highest BCUT2D eigenvalue weighted by Crippen LogP contribution is 2.21. The molecule has 1 saturated heterocycles. The molecule has 0 aromatic carbocycles. The lowest BCUT2D eigenvalue weighted by Gasteiger charge is -2.18. The van der Waals surface area contributed by atoms with Crippen LogP contribution in [-0.2, 0) is 5.41 Å². The van der Waals surface area contributed by atoms with Gasteiger partial charge in [-0.15, -0.1) is 0 Å². The molecule has 1 aromatic heterocycles. The summed E-state index contributed by atoms with van der Waals surface area (Å²) in [6.45, 7) is 9.08. The molecule has 0 amide bonds. The van der Waals surface area contributed by atoms with Crippen LogP contribution in [0, 0.1) is 0 Å². The molecule has 2 heterocycles. The van der Waals surface area contributed by atoms with Crippen LogP contribution in [0.5, 0.6) is 5.88 Å². The Morgan fingerprint density at radius 3 is 2.74 bits per heavy atom. The molecule has 1 aliphatic rings. The summed E-state index contributed by atoms with van der Waals surface area (Å²) in [5, 5.41) is 8.90. The highest BCUT2D eigenvalue weighted by Gasteiger charge is 2.24. The third-order valence-electron chi connectivity index (χ3n) is 3.33. The average Bonchev–Trinajstić information content (AvgIpc) is 2.77. The summed E-state index contributed by atoms with van der Waals surface area (Å²) in [4.78, 5) is 10.9. The van der Waals surface area contributed by atoms with Crippen molar-refractivity contribution in [3.8, 4) is 5.88 Å². The van der Waals surface area contributed by atoms with E-state index >= 15 is 0 Å². The molecule has 2 rings (SSSR count). The first-order chi connectivity index (χ1) is 8.99. The van der Waals surface area contributed by atoms with Gasteiger partial charge in [0.1, 0.15) is 6.10 Å². The second-order valence-electron chi connectivity index (χ2n) is 6.04. The number of ether oxygens (including phenoxy) is 1. The van der Waals surface area contributed by atoms with Gasteiger partial charge in [0.05, 0.1) is 24.7 Å². The molecule has 0 bridgehead atoms. The number of likely N-dealkylation sites (tertiary alicyclic amines) is 1. The fourth-order valence-electron chi connectivity index (χ4n) is 2.17. The quantitative estimate of drug-likeness (QED) is 0.887. The summed E-state index contributed by atoms with van der Waals surface area (Å²) in [7, 11) is 0. The Bertz CT molecular complexity index is 400. The number of β-amino-alcohol motifs (C(OH)–C–C–N with tert-alkyl or cyclic N) is 1. The minimum absolute atomic E-state index is 0.0107. The molecule has 19 heavy (non-hydrogen) atoms. The number of rotatable bonds is 4. The van der Waals surface area contributed by atoms with Crippen LogP contribution in [0.4, 0.5) is 0 Å². The molecular formula is C14H23N3O2. The summed E-state index contributed by atoms with van der Waals surface area (Å²) in [6.07, 6.45) is 4.62. The van der Waals surface area contributed by atoms with Gasteiger partial charge >= 0.3 is 0 Å². The zero-order valence-corrected chi connectivity index (χ0v) is 12.0. The lowest BCUT2D eigenvalue weighted by atomic mass is 9.93. The van der Waals surface area contributed by atoms with Crippen molar-refractivity contribution in [2.45, 2.75) is 38.7 Å². The molecule has 0 saturated carbocycles. The Morgan fingerprint density at radius 2 is 2.16 bits per heavy atom. The van der Waals surface area contributed by atoms with Crippen LogP contribution < -0.4 is 4.74 Å². The van der Waals surface area contributed by atoms with E-state index in [0.717, 1.165) is 25.2 Å². The molecule has 5 nitrogen and oxygen atoms in total. The molecule has 1 N–H and O–H groups in total. The molecule has 0 spiro atoms. The summed E-state index contributed by atoms with van der Waals surface area (Å²) in [6, 6.07) is 0. The van der Waals surface area contributed by atoms with Crippen LogP contribution >= 0.6 is 0 Å². The normalized spacial score (nSPS) is 20.7. The largest absolute Gasteiger partial charge is 0.472 e. The molecule has 0 unspecified atom stereocenters. The number of aliphatic hydroxyl groups is 1. The number of nitrogens with zero attached hydrogens (tertiary/aromatic N) is 3. The Kier molecular flexibility index (Phi) is 4.37. The van der Waals surface area contributed by atoms with Gasteiger partial charge in [0.25, 0.3) is 0 Å². The van der Waals surface area contributed by atoms with E-state index in [1.807, 2.05) is 0 Å². The van der Waals surface area contributed by atoms with E-state index in [9.17, 15) is 0 Å². The Balaban J connectivity index is 1.90. The van der Waals surface area contributed by atoms with Crippen LogP contribution in [-0.4, -0.2) is 52.3 Å². The summed E-state index contributed by atoms with van der Waals surface area (Å²) in [5.41, 5.74) is 0.977. The van der Waals surface area contributed by atoms with Gasteiger partial charge in [-0.3, -0.25) is 9.88 Å². The van der Waals surface area contributed by atoms with Crippen LogP contribution in [0.25, 0.3) is 0 Å². The first-order valence-corrected chi connectivity index (χ1v) is 6.81. The second kappa shape index (κ2) is 5.84. The van der Waals surface area contributed by atoms with Gasteiger partial charge in [-0.05, 0) is 6.42 Å². The molecule has 5 heteroatoms. The SMILES string of the molecule is CC(C)(C)c1cnc(O[C@@H]2CCN(CCO)C2)cn1. The van der Waals surface area contributed by atoms with Crippen LogP contribution in [0.3, 0.4) is 0 Å². The zero-order chi connectivity index (χ0) is 13.9. The summed E-state index contributed by atoms with van der Waals surface area (Å²) < 4.78 is 5.82. The third kappa shape index (κ3) is 3.88. The molecule has 1 aromatic rings. The van der Waals surface area contributed by atoms with E-state index in [2.05, 4.69) is 35.6 Å². The minimum Gasteiger partial charge on any atom is -0.472 e. The van der Waals surface area contributed by atoms with E-state index < -0.39 is 0 Å². The summed E-state index contributed by atoms with van der Waals surface area (Å²) >= 11 is 0. The van der Waals surface area contributed by atoms with Gasteiger partial charge in [-0.25, -0.2) is 4.98 Å². The number of hydrogen-bond donors (Lipinski definition) is 1. The van der Waals surface area contributed by atoms with Crippen LogP contribution in [0.2, 0.25) is 0 Å². The fraction of sp³-hybridized carbons (Fsp3) is 0.714. The molecule has 0 radical (unpaired) electrons. The standard InChI is InChI=1S/C14H23N3O2/c1-14(2,3)12-8-16-13(9-15-12)19-11-4-5-17(10-11)6-7-18/h8-9,11,18H,4-7,10H2,1-3H3/t11-/m1/s1. The van der Waals surface area contributed by atoms with E-state index in [1.54, 1.807) is 12.4 Å². The van der Waals surface area contributed by atoms with E-state index in [0.29, 0.717) is 12.4 Å². The monoisotopic (exact) mass is 265 g/mol. The second-order valence-corrected chi connectivity index (χ2v) is 6.04. The molecule has 1 atom stereocenters. The Morgan fingerprint density at radius 1 is 1.37 bits per heavy atom. The maximum absolute atomic E-state index is 8.90. The van der Waals surface area contributed by atoms with Gasteiger partial charge < -0.3 is 9.84 Å². The average molecular weight is 265 g/mol. The topological polar surface area (TPSA) is 58.5 Å². The van der Waals surface area contributed by atoms with Gasteiger partial charge in [0.2, 0.25) is 5.88 Å².